The number of hydrogen-bond donors (Lipinski definition) is 3. The van der Waals surface area contributed by atoms with Gasteiger partial charge < -0.3 is 25.4 Å². The molecule has 3 amide bonds. The third kappa shape index (κ3) is 7.17. The van der Waals surface area contributed by atoms with Gasteiger partial charge in [-0.3, -0.25) is 9.00 Å². The molecule has 3 unspecified atom stereocenters. The van der Waals surface area contributed by atoms with Crippen molar-refractivity contribution in [3.63, 3.8) is 0 Å². The molecule has 2 heterocycles. The first-order chi connectivity index (χ1) is 20.7. The number of H-pyrrole nitrogens is 1. The van der Waals surface area contributed by atoms with Gasteiger partial charge in [0, 0.05) is 48.9 Å². The molecule has 0 saturated carbocycles. The molecule has 3 aromatic carbocycles. The Bertz CT molecular complexity index is 1590. The molecule has 8 nitrogen and oxygen atoms in total. The first kappa shape index (κ1) is 30.5. The predicted octanol–water partition coefficient (Wildman–Crippen LogP) is 5.67. The van der Waals surface area contributed by atoms with Gasteiger partial charge in [0.05, 0.1) is 21.4 Å². The van der Waals surface area contributed by atoms with Crippen molar-refractivity contribution in [3.05, 3.63) is 95.7 Å². The zero-order valence-electron chi connectivity index (χ0n) is 25.3. The summed E-state index contributed by atoms with van der Waals surface area (Å²) in [4.78, 5) is 35.4. The normalized spacial score (nSPS) is 16.2. The Hall–Kier alpha value is -3.95. The second-order valence-electron chi connectivity index (χ2n) is 11.7. The van der Waals surface area contributed by atoms with Gasteiger partial charge in [0.25, 0.3) is 0 Å². The van der Waals surface area contributed by atoms with Crippen molar-refractivity contribution < 1.29 is 13.8 Å². The van der Waals surface area contributed by atoms with Crippen LogP contribution >= 0.6 is 0 Å². The highest BCUT2D eigenvalue weighted by Crippen LogP contribution is 2.31. The number of fused-ring (bicyclic) bond motifs is 1. The fraction of sp³-hybridized carbons (Fsp3) is 0.353. The SMILES string of the molecule is CC(c1c[nH]c2ccccc12)C(NC(=O)N1CCC(c2ccccc2)CC1)C(=O)Nc1cc(CN(C)C)ccc1S(C)=O. The number of aromatic amines is 1. The molecule has 9 heteroatoms. The molecule has 1 aromatic heterocycles. The minimum atomic E-state index is -1.31. The van der Waals surface area contributed by atoms with Crippen molar-refractivity contribution in [1.82, 2.24) is 20.1 Å². The molecule has 43 heavy (non-hydrogen) atoms. The third-order valence-electron chi connectivity index (χ3n) is 8.34. The number of benzene rings is 3. The van der Waals surface area contributed by atoms with Crippen LogP contribution in [0, 0.1) is 0 Å². The van der Waals surface area contributed by atoms with Crippen LogP contribution < -0.4 is 10.6 Å². The minimum Gasteiger partial charge on any atom is -0.361 e. The molecule has 3 N–H and O–H groups in total. The number of amides is 3. The van der Waals surface area contributed by atoms with Crippen LogP contribution in [0.2, 0.25) is 0 Å². The highest BCUT2D eigenvalue weighted by molar-refractivity contribution is 7.84. The Morgan fingerprint density at radius 1 is 1.02 bits per heavy atom. The maximum Gasteiger partial charge on any atom is 0.318 e. The van der Waals surface area contributed by atoms with Crippen LogP contribution in [0.3, 0.4) is 0 Å². The number of carbonyl (C=O) groups is 2. The van der Waals surface area contributed by atoms with Crippen LogP contribution in [-0.4, -0.2) is 70.4 Å². The van der Waals surface area contributed by atoms with Gasteiger partial charge in [-0.15, -0.1) is 0 Å². The van der Waals surface area contributed by atoms with Gasteiger partial charge in [0.2, 0.25) is 5.91 Å². The number of rotatable bonds is 9. The Kier molecular flexibility index (Phi) is 9.62. The number of nitrogens with zero attached hydrogens (tertiary/aromatic N) is 2. The molecular formula is C34H41N5O3S. The molecule has 5 rings (SSSR count). The summed E-state index contributed by atoms with van der Waals surface area (Å²) in [7, 11) is 2.63. The van der Waals surface area contributed by atoms with Crippen molar-refractivity contribution >= 4 is 39.3 Å². The molecule has 0 spiro atoms. The molecule has 1 saturated heterocycles. The average molecular weight is 600 g/mol. The quantitative estimate of drug-likeness (QED) is 0.231. The van der Waals surface area contributed by atoms with Gasteiger partial charge in [-0.25, -0.2) is 4.79 Å². The maximum absolute atomic E-state index is 14.1. The summed E-state index contributed by atoms with van der Waals surface area (Å²) in [6.07, 6.45) is 5.26. The largest absolute Gasteiger partial charge is 0.361 e. The van der Waals surface area contributed by atoms with Crippen molar-refractivity contribution in [2.45, 2.75) is 49.1 Å². The number of aromatic nitrogens is 1. The van der Waals surface area contributed by atoms with Gasteiger partial charge in [0.15, 0.2) is 0 Å². The zero-order chi connectivity index (χ0) is 30.5. The summed E-state index contributed by atoms with van der Waals surface area (Å²) in [5, 5.41) is 7.13. The first-order valence-electron chi connectivity index (χ1n) is 14.8. The smallest absolute Gasteiger partial charge is 0.318 e. The van der Waals surface area contributed by atoms with Crippen molar-refractivity contribution in [2.75, 3.05) is 38.8 Å². The van der Waals surface area contributed by atoms with Gasteiger partial charge in [0.1, 0.15) is 6.04 Å². The van der Waals surface area contributed by atoms with Gasteiger partial charge in [-0.1, -0.05) is 61.5 Å². The molecular weight excluding hydrogens is 558 g/mol. The number of hydrogen-bond acceptors (Lipinski definition) is 4. The number of piperidine rings is 1. The Morgan fingerprint density at radius 3 is 2.42 bits per heavy atom. The number of likely N-dealkylation sites (tertiary alicyclic amines) is 1. The van der Waals surface area contributed by atoms with Gasteiger partial charge in [-0.2, -0.15) is 0 Å². The van der Waals surface area contributed by atoms with E-state index in [2.05, 4.69) is 39.9 Å². The van der Waals surface area contributed by atoms with E-state index in [1.165, 1.54) is 5.56 Å². The minimum absolute atomic E-state index is 0.251. The van der Waals surface area contributed by atoms with E-state index in [-0.39, 0.29) is 17.9 Å². The molecule has 3 atom stereocenters. The summed E-state index contributed by atoms with van der Waals surface area (Å²) in [6.45, 7) is 3.87. The summed E-state index contributed by atoms with van der Waals surface area (Å²) in [5.74, 6) is -0.279. The van der Waals surface area contributed by atoms with E-state index < -0.39 is 16.8 Å². The van der Waals surface area contributed by atoms with E-state index in [4.69, 9.17) is 0 Å². The first-order valence-corrected chi connectivity index (χ1v) is 16.4. The highest BCUT2D eigenvalue weighted by Gasteiger charge is 2.33. The van der Waals surface area contributed by atoms with E-state index in [1.807, 2.05) is 79.5 Å². The van der Waals surface area contributed by atoms with Crippen LogP contribution in [0.4, 0.5) is 10.5 Å². The number of nitrogens with one attached hydrogen (secondary N) is 3. The molecule has 226 valence electrons. The highest BCUT2D eigenvalue weighted by atomic mass is 32.2. The lowest BCUT2D eigenvalue weighted by Crippen LogP contribution is -2.53. The molecule has 0 radical (unpaired) electrons. The number of anilines is 1. The molecule has 0 bridgehead atoms. The van der Waals surface area contributed by atoms with Crippen molar-refractivity contribution in [2.24, 2.45) is 0 Å². The molecule has 1 fully saturated rings. The third-order valence-corrected chi connectivity index (χ3v) is 9.31. The summed E-state index contributed by atoms with van der Waals surface area (Å²) in [6, 6.07) is 22.9. The molecule has 1 aliphatic rings. The number of urea groups is 1. The van der Waals surface area contributed by atoms with Crippen LogP contribution in [0.1, 0.15) is 48.3 Å². The summed E-state index contributed by atoms with van der Waals surface area (Å²) in [5.41, 5.74) is 4.70. The monoisotopic (exact) mass is 599 g/mol. The van der Waals surface area contributed by atoms with E-state index in [1.54, 1.807) is 12.3 Å². The Labute approximate surface area is 256 Å². The molecule has 4 aromatic rings. The van der Waals surface area contributed by atoms with E-state index in [0.29, 0.717) is 36.1 Å². The van der Waals surface area contributed by atoms with Crippen molar-refractivity contribution in [1.29, 1.82) is 0 Å². The van der Waals surface area contributed by atoms with Crippen molar-refractivity contribution in [3.8, 4) is 0 Å². The lowest BCUT2D eigenvalue weighted by molar-refractivity contribution is -0.118. The number of para-hydroxylation sites is 1. The van der Waals surface area contributed by atoms with Crippen LogP contribution in [0.25, 0.3) is 10.9 Å². The maximum atomic E-state index is 14.1. The Morgan fingerprint density at radius 2 is 1.72 bits per heavy atom. The topological polar surface area (TPSA) is 97.5 Å². The summed E-state index contributed by atoms with van der Waals surface area (Å²) >= 11 is 0. The zero-order valence-corrected chi connectivity index (χ0v) is 26.1. The standard InChI is InChI=1S/C34H41N5O3S/c1-23(28-21-35-29-13-9-8-12-27(28)29)32(33(40)36-30-20-24(22-38(2)3)14-15-31(30)43(4)42)37-34(41)39-18-16-26(17-19-39)25-10-6-5-7-11-25/h5-15,20-21,23,26,32,35H,16-19,22H2,1-4H3,(H,36,40)(H,37,41). The van der Waals surface area contributed by atoms with Crippen LogP contribution in [0.15, 0.2) is 83.9 Å². The number of carbonyl (C=O) groups excluding carboxylic acids is 2. The van der Waals surface area contributed by atoms with Gasteiger partial charge in [-0.05, 0) is 67.7 Å². The van der Waals surface area contributed by atoms with E-state index in [9.17, 15) is 13.8 Å². The predicted molar refractivity (Wildman–Crippen MR) is 174 cm³/mol. The summed E-state index contributed by atoms with van der Waals surface area (Å²) < 4.78 is 12.6. The Balaban J connectivity index is 1.39. The second kappa shape index (κ2) is 13.6. The fourth-order valence-corrected chi connectivity index (χ4v) is 6.71. The van der Waals surface area contributed by atoms with E-state index in [0.717, 1.165) is 34.9 Å². The van der Waals surface area contributed by atoms with Gasteiger partial charge >= 0.3 is 6.03 Å². The average Bonchev–Trinajstić information content (AvgIpc) is 3.44. The lowest BCUT2D eigenvalue weighted by Gasteiger charge is -2.34. The van der Waals surface area contributed by atoms with Crippen LogP contribution in [0.5, 0.6) is 0 Å². The fourth-order valence-electron chi connectivity index (χ4n) is 6.03. The lowest BCUT2D eigenvalue weighted by atomic mass is 9.89. The molecule has 1 aliphatic heterocycles. The van der Waals surface area contributed by atoms with Crippen LogP contribution in [-0.2, 0) is 22.1 Å². The molecule has 0 aliphatic carbocycles. The van der Waals surface area contributed by atoms with E-state index >= 15 is 0 Å². The second-order valence-corrected chi connectivity index (χ2v) is 13.0.